The van der Waals surface area contributed by atoms with Crippen LogP contribution >= 0.6 is 0 Å². The lowest BCUT2D eigenvalue weighted by molar-refractivity contribution is 0.0332. The van der Waals surface area contributed by atoms with Crippen LogP contribution in [0.3, 0.4) is 0 Å². The van der Waals surface area contributed by atoms with Crippen LogP contribution in [0.2, 0.25) is 0 Å². The van der Waals surface area contributed by atoms with Crippen molar-refractivity contribution >= 4 is 0 Å². The molecule has 1 N–H and O–H groups in total. The van der Waals surface area contributed by atoms with Crippen LogP contribution < -0.4 is 5.32 Å². The van der Waals surface area contributed by atoms with E-state index in [0.717, 1.165) is 25.3 Å². The minimum atomic E-state index is 0.718. The molecule has 0 aliphatic carbocycles. The van der Waals surface area contributed by atoms with E-state index in [1.807, 2.05) is 0 Å². The summed E-state index contributed by atoms with van der Waals surface area (Å²) in [4.78, 5) is 2.71. The second-order valence-corrected chi connectivity index (χ2v) is 5.13. The molecule has 1 unspecified atom stereocenters. The predicted octanol–water partition coefficient (Wildman–Crippen LogP) is 1.63. The summed E-state index contributed by atoms with van der Waals surface area (Å²) in [5.74, 6) is 0. The van der Waals surface area contributed by atoms with E-state index < -0.39 is 0 Å². The predicted molar refractivity (Wildman–Crippen MR) is 66.7 cm³/mol. The standard InChI is InChI=1S/C13H26N2O/c1-2-4-12-11-15(8-3-7-14-12)13-5-9-16-10-6-13/h12-14H,2-11H2,1H3. The largest absolute Gasteiger partial charge is 0.381 e. The first-order valence-corrected chi connectivity index (χ1v) is 6.95. The fraction of sp³-hybridized carbons (Fsp3) is 1.00. The Morgan fingerprint density at radius 2 is 2.12 bits per heavy atom. The maximum Gasteiger partial charge on any atom is 0.0480 e. The summed E-state index contributed by atoms with van der Waals surface area (Å²) >= 11 is 0. The van der Waals surface area contributed by atoms with Gasteiger partial charge in [-0.1, -0.05) is 13.3 Å². The second-order valence-electron chi connectivity index (χ2n) is 5.13. The lowest BCUT2D eigenvalue weighted by atomic mass is 10.1. The topological polar surface area (TPSA) is 24.5 Å². The van der Waals surface area contributed by atoms with Crippen LogP contribution in [0, 0.1) is 0 Å². The lowest BCUT2D eigenvalue weighted by Crippen LogP contribution is -2.44. The van der Waals surface area contributed by atoms with E-state index in [1.165, 1.54) is 51.7 Å². The van der Waals surface area contributed by atoms with Crippen LogP contribution in [0.15, 0.2) is 0 Å². The van der Waals surface area contributed by atoms with Crippen molar-refractivity contribution in [1.82, 2.24) is 10.2 Å². The molecule has 0 radical (unpaired) electrons. The van der Waals surface area contributed by atoms with Crippen LogP contribution in [0.1, 0.15) is 39.0 Å². The van der Waals surface area contributed by atoms with E-state index in [2.05, 4.69) is 17.1 Å². The van der Waals surface area contributed by atoms with Gasteiger partial charge in [0.15, 0.2) is 0 Å². The molecule has 0 bridgehead atoms. The van der Waals surface area contributed by atoms with Gasteiger partial charge in [-0.3, -0.25) is 4.90 Å². The average molecular weight is 226 g/mol. The van der Waals surface area contributed by atoms with Crippen molar-refractivity contribution in [2.24, 2.45) is 0 Å². The van der Waals surface area contributed by atoms with Gasteiger partial charge in [0.1, 0.15) is 0 Å². The van der Waals surface area contributed by atoms with Gasteiger partial charge in [0.05, 0.1) is 0 Å². The van der Waals surface area contributed by atoms with Crippen molar-refractivity contribution in [1.29, 1.82) is 0 Å². The Morgan fingerprint density at radius 3 is 2.88 bits per heavy atom. The van der Waals surface area contributed by atoms with Gasteiger partial charge in [-0.25, -0.2) is 0 Å². The second kappa shape index (κ2) is 6.58. The van der Waals surface area contributed by atoms with Crippen molar-refractivity contribution < 1.29 is 4.74 Å². The summed E-state index contributed by atoms with van der Waals surface area (Å²) in [5.41, 5.74) is 0. The van der Waals surface area contributed by atoms with Crippen molar-refractivity contribution in [2.45, 2.75) is 51.1 Å². The zero-order valence-corrected chi connectivity index (χ0v) is 10.6. The van der Waals surface area contributed by atoms with Crippen LogP contribution in [0.25, 0.3) is 0 Å². The van der Waals surface area contributed by atoms with Crippen LogP contribution in [0.5, 0.6) is 0 Å². The maximum atomic E-state index is 5.45. The first kappa shape index (κ1) is 12.3. The Bertz CT molecular complexity index is 192. The van der Waals surface area contributed by atoms with Gasteiger partial charge in [0.25, 0.3) is 0 Å². The summed E-state index contributed by atoms with van der Waals surface area (Å²) in [6, 6.07) is 1.50. The summed E-state index contributed by atoms with van der Waals surface area (Å²) < 4.78 is 5.45. The third kappa shape index (κ3) is 3.44. The number of nitrogens with one attached hydrogen (secondary N) is 1. The van der Waals surface area contributed by atoms with E-state index >= 15 is 0 Å². The van der Waals surface area contributed by atoms with Gasteiger partial charge in [-0.2, -0.15) is 0 Å². The number of hydrogen-bond donors (Lipinski definition) is 1. The molecular formula is C13H26N2O. The highest BCUT2D eigenvalue weighted by Crippen LogP contribution is 2.17. The number of rotatable bonds is 3. The van der Waals surface area contributed by atoms with Crippen LogP contribution in [-0.4, -0.2) is 49.8 Å². The maximum absolute atomic E-state index is 5.45. The van der Waals surface area contributed by atoms with E-state index in [4.69, 9.17) is 4.74 Å². The molecule has 94 valence electrons. The van der Waals surface area contributed by atoms with Crippen molar-refractivity contribution in [2.75, 3.05) is 32.8 Å². The Hall–Kier alpha value is -0.120. The quantitative estimate of drug-likeness (QED) is 0.791. The first-order chi connectivity index (χ1) is 7.90. The third-order valence-corrected chi connectivity index (χ3v) is 3.85. The molecule has 3 heteroatoms. The fourth-order valence-electron chi connectivity index (χ4n) is 2.95. The highest BCUT2D eigenvalue weighted by Gasteiger charge is 2.25. The molecular weight excluding hydrogens is 200 g/mol. The summed E-state index contributed by atoms with van der Waals surface area (Å²) in [6.07, 6.45) is 6.38. The van der Waals surface area contributed by atoms with E-state index in [1.54, 1.807) is 0 Å². The highest BCUT2D eigenvalue weighted by atomic mass is 16.5. The third-order valence-electron chi connectivity index (χ3n) is 3.85. The molecule has 3 nitrogen and oxygen atoms in total. The smallest absolute Gasteiger partial charge is 0.0480 e. The molecule has 0 spiro atoms. The molecule has 2 aliphatic rings. The molecule has 2 rings (SSSR count). The molecule has 1 atom stereocenters. The van der Waals surface area contributed by atoms with E-state index in [-0.39, 0.29) is 0 Å². The summed E-state index contributed by atoms with van der Waals surface area (Å²) in [5, 5.41) is 3.68. The monoisotopic (exact) mass is 226 g/mol. The highest BCUT2D eigenvalue weighted by molar-refractivity contribution is 4.82. The normalized spacial score (nSPS) is 30.2. The molecule has 16 heavy (non-hydrogen) atoms. The van der Waals surface area contributed by atoms with Gasteiger partial charge in [-0.05, 0) is 38.8 Å². The number of ether oxygens (including phenoxy) is 1. The van der Waals surface area contributed by atoms with E-state index in [9.17, 15) is 0 Å². The Balaban J connectivity index is 1.86. The van der Waals surface area contributed by atoms with Crippen LogP contribution in [-0.2, 0) is 4.74 Å². The lowest BCUT2D eigenvalue weighted by Gasteiger charge is -2.34. The minimum Gasteiger partial charge on any atom is -0.381 e. The molecule has 2 aliphatic heterocycles. The minimum absolute atomic E-state index is 0.718. The van der Waals surface area contributed by atoms with Gasteiger partial charge < -0.3 is 10.1 Å². The molecule has 2 saturated heterocycles. The molecule has 0 aromatic rings. The summed E-state index contributed by atoms with van der Waals surface area (Å²) in [7, 11) is 0. The van der Waals surface area contributed by atoms with Crippen LogP contribution in [0.4, 0.5) is 0 Å². The van der Waals surface area contributed by atoms with Crippen molar-refractivity contribution in [3.05, 3.63) is 0 Å². The van der Waals surface area contributed by atoms with Gasteiger partial charge in [0.2, 0.25) is 0 Å². The Morgan fingerprint density at radius 1 is 1.31 bits per heavy atom. The van der Waals surface area contributed by atoms with Gasteiger partial charge >= 0.3 is 0 Å². The molecule has 2 fully saturated rings. The van der Waals surface area contributed by atoms with E-state index in [0.29, 0.717) is 0 Å². The zero-order chi connectivity index (χ0) is 11.2. The summed E-state index contributed by atoms with van der Waals surface area (Å²) in [6.45, 7) is 7.94. The van der Waals surface area contributed by atoms with Crippen molar-refractivity contribution in [3.63, 3.8) is 0 Å². The van der Waals surface area contributed by atoms with Gasteiger partial charge in [-0.15, -0.1) is 0 Å². The SMILES string of the molecule is CCCC1CN(C2CCOCC2)CCCN1. The Labute approximate surface area is 99.5 Å². The zero-order valence-electron chi connectivity index (χ0n) is 10.6. The van der Waals surface area contributed by atoms with Gasteiger partial charge in [0, 0.05) is 31.8 Å². The molecule has 2 heterocycles. The molecule has 0 saturated carbocycles. The average Bonchev–Trinajstić information content (AvgIpc) is 2.56. The molecule has 0 aromatic heterocycles. The molecule has 0 aromatic carbocycles. The Kier molecular flexibility index (Phi) is 5.07. The van der Waals surface area contributed by atoms with Crippen molar-refractivity contribution in [3.8, 4) is 0 Å². The fourth-order valence-corrected chi connectivity index (χ4v) is 2.95. The number of hydrogen-bond acceptors (Lipinski definition) is 3. The molecule has 0 amide bonds. The number of nitrogens with zero attached hydrogens (tertiary/aromatic N) is 1. The first-order valence-electron chi connectivity index (χ1n) is 6.95.